The molecule has 21 heavy (non-hydrogen) atoms. The molecule has 0 saturated carbocycles. The summed E-state index contributed by atoms with van der Waals surface area (Å²) in [6.07, 6.45) is 0.570. The maximum absolute atomic E-state index is 11.8. The summed E-state index contributed by atoms with van der Waals surface area (Å²) < 4.78 is 0. The monoisotopic (exact) mass is 309 g/mol. The number of nitrogens with one attached hydrogen (secondary N) is 1. The van der Waals surface area contributed by atoms with Crippen LogP contribution in [0.15, 0.2) is 29.2 Å². The minimum atomic E-state index is -0.852. The van der Waals surface area contributed by atoms with Gasteiger partial charge in [0.25, 0.3) is 0 Å². The number of carbonyl (C=O) groups is 2. The summed E-state index contributed by atoms with van der Waals surface area (Å²) >= 11 is 1.45. The molecule has 0 fully saturated rings. The van der Waals surface area contributed by atoms with Gasteiger partial charge >= 0.3 is 5.97 Å². The Kier molecular flexibility index (Phi) is 7.29. The molecule has 1 amide bonds. The first-order chi connectivity index (χ1) is 9.88. The first-order valence-electron chi connectivity index (χ1n) is 7.07. The van der Waals surface area contributed by atoms with Crippen LogP contribution in [0.1, 0.15) is 25.8 Å². The highest BCUT2D eigenvalue weighted by Gasteiger charge is 2.19. The molecule has 0 aliphatic rings. The van der Waals surface area contributed by atoms with Crippen molar-refractivity contribution in [2.45, 2.75) is 32.1 Å². The number of carbonyl (C=O) groups excluding carboxylic acids is 1. The standard InChI is InChI=1S/C16H23NO3S/c1-11(2)8-13(16(19)20)9-17-15(18)10-21-14-6-4-12(3)5-7-14/h4-7,11,13H,8-10H2,1-3H3,(H,17,18)(H,19,20). The van der Waals surface area contributed by atoms with Crippen molar-refractivity contribution in [3.8, 4) is 0 Å². The van der Waals surface area contributed by atoms with Gasteiger partial charge in [0.15, 0.2) is 0 Å². The van der Waals surface area contributed by atoms with Gasteiger partial charge in [-0.2, -0.15) is 0 Å². The van der Waals surface area contributed by atoms with Gasteiger partial charge in [0.1, 0.15) is 0 Å². The molecule has 1 atom stereocenters. The summed E-state index contributed by atoms with van der Waals surface area (Å²) in [5, 5.41) is 11.8. The summed E-state index contributed by atoms with van der Waals surface area (Å²) in [5.41, 5.74) is 1.18. The Morgan fingerprint density at radius 1 is 1.24 bits per heavy atom. The number of benzene rings is 1. The molecule has 0 radical (unpaired) electrons. The first kappa shape index (κ1) is 17.6. The third-order valence-electron chi connectivity index (χ3n) is 3.04. The zero-order valence-corrected chi connectivity index (χ0v) is 13.6. The molecular formula is C16H23NO3S. The van der Waals surface area contributed by atoms with E-state index in [0.717, 1.165) is 4.90 Å². The molecule has 0 heterocycles. The fraction of sp³-hybridized carbons (Fsp3) is 0.500. The Morgan fingerprint density at radius 3 is 2.38 bits per heavy atom. The molecular weight excluding hydrogens is 286 g/mol. The molecule has 1 rings (SSSR count). The van der Waals surface area contributed by atoms with E-state index < -0.39 is 11.9 Å². The van der Waals surface area contributed by atoms with Crippen molar-refractivity contribution < 1.29 is 14.7 Å². The van der Waals surface area contributed by atoms with Gasteiger partial charge in [0.2, 0.25) is 5.91 Å². The van der Waals surface area contributed by atoms with Crippen LogP contribution in [-0.2, 0) is 9.59 Å². The third-order valence-corrected chi connectivity index (χ3v) is 4.05. The van der Waals surface area contributed by atoms with Crippen molar-refractivity contribution in [3.05, 3.63) is 29.8 Å². The predicted molar refractivity (Wildman–Crippen MR) is 85.5 cm³/mol. The van der Waals surface area contributed by atoms with Gasteiger partial charge in [-0.1, -0.05) is 31.5 Å². The second kappa shape index (κ2) is 8.72. The van der Waals surface area contributed by atoms with E-state index in [1.165, 1.54) is 17.3 Å². The summed E-state index contributed by atoms with van der Waals surface area (Å²) in [6.45, 7) is 6.17. The Balaban J connectivity index is 2.35. The number of aliphatic carboxylic acids is 1. The van der Waals surface area contributed by atoms with Crippen LogP contribution in [-0.4, -0.2) is 29.3 Å². The number of carboxylic acids is 1. The zero-order valence-electron chi connectivity index (χ0n) is 12.8. The first-order valence-corrected chi connectivity index (χ1v) is 8.06. The van der Waals surface area contributed by atoms with Crippen molar-refractivity contribution in [1.82, 2.24) is 5.32 Å². The topological polar surface area (TPSA) is 66.4 Å². The second-order valence-electron chi connectivity index (χ2n) is 5.57. The quantitative estimate of drug-likeness (QED) is 0.725. The summed E-state index contributed by atoms with van der Waals surface area (Å²) in [7, 11) is 0. The zero-order chi connectivity index (χ0) is 15.8. The predicted octanol–water partition coefficient (Wildman–Crippen LogP) is 2.95. The molecule has 0 bridgehead atoms. The number of rotatable bonds is 8. The van der Waals surface area contributed by atoms with E-state index >= 15 is 0 Å². The maximum atomic E-state index is 11.8. The molecule has 0 aliphatic heterocycles. The Labute approximate surface area is 130 Å². The van der Waals surface area contributed by atoms with Gasteiger partial charge in [-0.3, -0.25) is 9.59 Å². The van der Waals surface area contributed by atoms with Crippen LogP contribution >= 0.6 is 11.8 Å². The highest BCUT2D eigenvalue weighted by Crippen LogP contribution is 2.18. The van der Waals surface area contributed by atoms with Crippen molar-refractivity contribution in [2.24, 2.45) is 11.8 Å². The molecule has 1 aromatic carbocycles. The van der Waals surface area contributed by atoms with Crippen LogP contribution in [0.5, 0.6) is 0 Å². The average Bonchev–Trinajstić information content (AvgIpc) is 2.42. The third kappa shape index (κ3) is 7.18. The van der Waals surface area contributed by atoms with E-state index in [1.54, 1.807) is 0 Å². The second-order valence-corrected chi connectivity index (χ2v) is 6.62. The van der Waals surface area contributed by atoms with Gasteiger partial charge in [0.05, 0.1) is 11.7 Å². The largest absolute Gasteiger partial charge is 0.481 e. The summed E-state index contributed by atoms with van der Waals surface area (Å²) in [6, 6.07) is 7.96. The van der Waals surface area contributed by atoms with E-state index in [1.807, 2.05) is 45.0 Å². The molecule has 2 N–H and O–H groups in total. The number of aryl methyl sites for hydroxylation is 1. The molecule has 0 saturated heterocycles. The number of thioether (sulfide) groups is 1. The summed E-state index contributed by atoms with van der Waals surface area (Å²) in [4.78, 5) is 23.9. The lowest BCUT2D eigenvalue weighted by Gasteiger charge is -2.15. The molecule has 0 aliphatic carbocycles. The average molecular weight is 309 g/mol. The number of amides is 1. The fourth-order valence-electron chi connectivity index (χ4n) is 1.91. The SMILES string of the molecule is Cc1ccc(SCC(=O)NCC(CC(C)C)C(=O)O)cc1. The maximum Gasteiger partial charge on any atom is 0.308 e. The highest BCUT2D eigenvalue weighted by atomic mass is 32.2. The summed E-state index contributed by atoms with van der Waals surface area (Å²) in [5.74, 6) is -0.897. The van der Waals surface area contributed by atoms with E-state index in [-0.39, 0.29) is 12.5 Å². The number of carboxylic acid groups (broad SMARTS) is 1. The van der Waals surface area contributed by atoms with E-state index in [9.17, 15) is 9.59 Å². The molecule has 0 aromatic heterocycles. The highest BCUT2D eigenvalue weighted by molar-refractivity contribution is 8.00. The Hall–Kier alpha value is -1.49. The van der Waals surface area contributed by atoms with Crippen LogP contribution in [0.3, 0.4) is 0 Å². The lowest BCUT2D eigenvalue weighted by molar-refractivity contribution is -0.142. The molecule has 4 nitrogen and oxygen atoms in total. The number of hydrogen-bond acceptors (Lipinski definition) is 3. The van der Waals surface area contributed by atoms with Crippen molar-refractivity contribution in [3.63, 3.8) is 0 Å². The van der Waals surface area contributed by atoms with Crippen LogP contribution in [0.2, 0.25) is 0 Å². The fourth-order valence-corrected chi connectivity index (χ4v) is 2.64. The van der Waals surface area contributed by atoms with Crippen molar-refractivity contribution in [1.29, 1.82) is 0 Å². The van der Waals surface area contributed by atoms with E-state index in [0.29, 0.717) is 18.1 Å². The lowest BCUT2D eigenvalue weighted by Crippen LogP contribution is -2.34. The van der Waals surface area contributed by atoms with Gasteiger partial charge in [-0.05, 0) is 31.4 Å². The Morgan fingerprint density at radius 2 is 1.86 bits per heavy atom. The van der Waals surface area contributed by atoms with Gasteiger partial charge in [0, 0.05) is 11.4 Å². The minimum Gasteiger partial charge on any atom is -0.481 e. The molecule has 5 heteroatoms. The Bertz CT molecular complexity index is 471. The molecule has 1 aromatic rings. The van der Waals surface area contributed by atoms with Crippen LogP contribution in [0.25, 0.3) is 0 Å². The van der Waals surface area contributed by atoms with Crippen molar-refractivity contribution in [2.75, 3.05) is 12.3 Å². The van der Waals surface area contributed by atoms with Crippen LogP contribution in [0, 0.1) is 18.8 Å². The van der Waals surface area contributed by atoms with E-state index in [4.69, 9.17) is 5.11 Å². The van der Waals surface area contributed by atoms with Gasteiger partial charge in [-0.25, -0.2) is 0 Å². The molecule has 1 unspecified atom stereocenters. The smallest absolute Gasteiger partial charge is 0.308 e. The van der Waals surface area contributed by atoms with Crippen LogP contribution < -0.4 is 5.32 Å². The normalized spacial score (nSPS) is 12.2. The lowest BCUT2D eigenvalue weighted by atomic mass is 9.97. The minimum absolute atomic E-state index is 0.129. The molecule has 116 valence electrons. The number of hydrogen-bond donors (Lipinski definition) is 2. The van der Waals surface area contributed by atoms with Gasteiger partial charge < -0.3 is 10.4 Å². The van der Waals surface area contributed by atoms with E-state index in [2.05, 4.69) is 5.32 Å². The molecule has 0 spiro atoms. The van der Waals surface area contributed by atoms with Gasteiger partial charge in [-0.15, -0.1) is 11.8 Å². The van der Waals surface area contributed by atoms with Crippen LogP contribution in [0.4, 0.5) is 0 Å². The van der Waals surface area contributed by atoms with Crippen molar-refractivity contribution >= 4 is 23.6 Å².